The van der Waals surface area contributed by atoms with E-state index in [9.17, 15) is 13.2 Å². The van der Waals surface area contributed by atoms with Crippen molar-refractivity contribution in [3.63, 3.8) is 0 Å². The first kappa shape index (κ1) is 14.4. The number of hydrogen-bond donors (Lipinski definition) is 1. The van der Waals surface area contributed by atoms with Gasteiger partial charge in [0.15, 0.2) is 0 Å². The van der Waals surface area contributed by atoms with E-state index >= 15 is 0 Å². The van der Waals surface area contributed by atoms with Crippen LogP contribution in [-0.2, 0) is 14.8 Å². The zero-order valence-corrected chi connectivity index (χ0v) is 11.5. The molecule has 0 bridgehead atoms. The summed E-state index contributed by atoms with van der Waals surface area (Å²) < 4.78 is 24.9. The van der Waals surface area contributed by atoms with Crippen molar-refractivity contribution in [2.45, 2.75) is 57.2 Å². The highest BCUT2D eigenvalue weighted by Crippen LogP contribution is 2.30. The molecule has 1 rings (SSSR count). The Morgan fingerprint density at radius 2 is 1.76 bits per heavy atom. The maximum Gasteiger partial charge on any atom is 0.318 e. The first-order valence-corrected chi connectivity index (χ1v) is 7.33. The number of sulfonamides is 1. The molecule has 0 unspecified atom stereocenters. The Labute approximate surface area is 103 Å². The summed E-state index contributed by atoms with van der Waals surface area (Å²) in [5.74, 6) is -1.09. The fourth-order valence-corrected chi connectivity index (χ4v) is 3.67. The number of carbonyl (C=O) groups is 1. The smallest absolute Gasteiger partial charge is 0.318 e. The molecule has 0 atom stereocenters. The van der Waals surface area contributed by atoms with Crippen molar-refractivity contribution in [3.8, 4) is 0 Å². The molecule has 1 fully saturated rings. The second-order valence-corrected chi connectivity index (χ2v) is 8.14. The molecule has 5 nitrogen and oxygen atoms in total. The highest BCUT2D eigenvalue weighted by Gasteiger charge is 2.40. The summed E-state index contributed by atoms with van der Waals surface area (Å²) in [5.41, 5.74) is 0. The predicted octanol–water partition coefficient (Wildman–Crippen LogP) is 1.44. The summed E-state index contributed by atoms with van der Waals surface area (Å²) >= 11 is 0. The van der Waals surface area contributed by atoms with Gasteiger partial charge in [0.2, 0.25) is 10.0 Å². The Bertz CT molecular complexity index is 377. The molecule has 1 aliphatic carbocycles. The van der Waals surface area contributed by atoms with Gasteiger partial charge in [-0.05, 0) is 33.6 Å². The van der Waals surface area contributed by atoms with E-state index in [-0.39, 0.29) is 6.04 Å². The van der Waals surface area contributed by atoms with Crippen molar-refractivity contribution in [1.29, 1.82) is 0 Å². The number of aliphatic carboxylic acids is 1. The fraction of sp³-hybridized carbons (Fsp3) is 0.909. The lowest BCUT2D eigenvalue weighted by Gasteiger charge is -2.32. The van der Waals surface area contributed by atoms with Gasteiger partial charge in [-0.25, -0.2) is 8.42 Å². The van der Waals surface area contributed by atoms with Crippen LogP contribution in [0, 0.1) is 0 Å². The minimum Gasteiger partial charge on any atom is -0.480 e. The lowest BCUT2D eigenvalue weighted by atomic mass is 10.2. The van der Waals surface area contributed by atoms with Gasteiger partial charge in [0.05, 0.1) is 4.75 Å². The Morgan fingerprint density at radius 3 is 2.12 bits per heavy atom. The lowest BCUT2D eigenvalue weighted by Crippen LogP contribution is -2.49. The summed E-state index contributed by atoms with van der Waals surface area (Å²) in [5, 5.41) is 8.87. The average Bonchev–Trinajstić information content (AvgIpc) is 2.64. The number of carboxylic acids is 1. The van der Waals surface area contributed by atoms with Gasteiger partial charge in [-0.15, -0.1) is 0 Å². The Balaban J connectivity index is 3.01. The molecule has 100 valence electrons. The van der Waals surface area contributed by atoms with Crippen molar-refractivity contribution < 1.29 is 18.3 Å². The molecule has 0 heterocycles. The molecule has 1 saturated carbocycles. The minimum absolute atomic E-state index is 0.143. The van der Waals surface area contributed by atoms with Crippen molar-refractivity contribution in [2.24, 2.45) is 0 Å². The van der Waals surface area contributed by atoms with Crippen LogP contribution in [0.5, 0.6) is 0 Å². The number of hydrogen-bond acceptors (Lipinski definition) is 3. The summed E-state index contributed by atoms with van der Waals surface area (Å²) in [6.45, 7) is 4.38. The average molecular weight is 263 g/mol. The fourth-order valence-electron chi connectivity index (χ4n) is 2.09. The number of carboxylic acid groups (broad SMARTS) is 1. The topological polar surface area (TPSA) is 74.7 Å². The molecule has 0 aliphatic heterocycles. The van der Waals surface area contributed by atoms with Gasteiger partial charge in [-0.2, -0.15) is 4.31 Å². The van der Waals surface area contributed by atoms with E-state index in [2.05, 4.69) is 0 Å². The Morgan fingerprint density at radius 1 is 1.29 bits per heavy atom. The molecule has 0 aromatic heterocycles. The van der Waals surface area contributed by atoms with Crippen LogP contribution in [-0.4, -0.2) is 41.1 Å². The molecule has 1 N–H and O–H groups in total. The molecule has 0 aromatic carbocycles. The Kier molecular flexibility index (Phi) is 4.19. The number of nitrogens with zero attached hydrogens (tertiary/aromatic N) is 1. The Hall–Kier alpha value is -0.620. The van der Waals surface area contributed by atoms with Crippen molar-refractivity contribution >= 4 is 16.0 Å². The predicted molar refractivity (Wildman–Crippen MR) is 65.3 cm³/mol. The molecule has 0 amide bonds. The van der Waals surface area contributed by atoms with Gasteiger partial charge in [-0.1, -0.05) is 12.8 Å². The first-order valence-electron chi connectivity index (χ1n) is 5.89. The quantitative estimate of drug-likeness (QED) is 0.833. The molecule has 6 heteroatoms. The maximum absolute atomic E-state index is 12.3. The van der Waals surface area contributed by atoms with Gasteiger partial charge >= 0.3 is 5.97 Å². The van der Waals surface area contributed by atoms with Crippen molar-refractivity contribution in [2.75, 3.05) is 6.54 Å². The third-order valence-electron chi connectivity index (χ3n) is 3.11. The molecule has 0 radical (unpaired) electrons. The normalized spacial score (nSPS) is 18.8. The van der Waals surface area contributed by atoms with Gasteiger partial charge in [0.1, 0.15) is 6.54 Å². The molecule has 0 saturated heterocycles. The standard InChI is InChI=1S/C11H21NO4S/c1-11(2,3)17(15,16)12(8-10(13)14)9-6-4-5-7-9/h9H,4-8H2,1-3H3,(H,13,14). The van der Waals surface area contributed by atoms with Crippen LogP contribution < -0.4 is 0 Å². The summed E-state index contributed by atoms with van der Waals surface area (Å²) in [6.07, 6.45) is 3.48. The summed E-state index contributed by atoms with van der Waals surface area (Å²) in [6, 6.07) is -0.143. The van der Waals surface area contributed by atoms with E-state index in [4.69, 9.17) is 5.11 Å². The SMILES string of the molecule is CC(C)(C)S(=O)(=O)N(CC(=O)O)C1CCCC1. The number of rotatable bonds is 4. The van der Waals surface area contributed by atoms with Crippen LogP contribution in [0.1, 0.15) is 46.5 Å². The van der Waals surface area contributed by atoms with Crippen LogP contribution in [0.2, 0.25) is 0 Å². The molecular weight excluding hydrogens is 242 g/mol. The van der Waals surface area contributed by atoms with Gasteiger partial charge in [0.25, 0.3) is 0 Å². The van der Waals surface area contributed by atoms with Crippen LogP contribution >= 0.6 is 0 Å². The minimum atomic E-state index is -3.56. The maximum atomic E-state index is 12.3. The van der Waals surface area contributed by atoms with Crippen LogP contribution in [0.15, 0.2) is 0 Å². The highest BCUT2D eigenvalue weighted by atomic mass is 32.2. The lowest BCUT2D eigenvalue weighted by molar-refractivity contribution is -0.137. The van der Waals surface area contributed by atoms with E-state index in [1.54, 1.807) is 20.8 Å². The molecule has 0 spiro atoms. The van der Waals surface area contributed by atoms with Crippen LogP contribution in [0.4, 0.5) is 0 Å². The second-order valence-electron chi connectivity index (χ2n) is 5.49. The van der Waals surface area contributed by atoms with Gasteiger partial charge < -0.3 is 5.11 Å². The molecule has 17 heavy (non-hydrogen) atoms. The zero-order valence-electron chi connectivity index (χ0n) is 10.6. The summed E-state index contributed by atoms with van der Waals surface area (Å²) in [4.78, 5) is 10.8. The van der Waals surface area contributed by atoms with E-state index in [0.29, 0.717) is 0 Å². The third kappa shape index (κ3) is 3.19. The summed E-state index contributed by atoms with van der Waals surface area (Å²) in [7, 11) is -3.56. The first-order chi connectivity index (χ1) is 7.66. The van der Waals surface area contributed by atoms with E-state index in [1.165, 1.54) is 4.31 Å². The second kappa shape index (κ2) is 4.94. The monoisotopic (exact) mass is 263 g/mol. The van der Waals surface area contributed by atoms with Crippen LogP contribution in [0.3, 0.4) is 0 Å². The third-order valence-corrected chi connectivity index (χ3v) is 5.70. The van der Waals surface area contributed by atoms with E-state index in [1.807, 2.05) is 0 Å². The molecule has 1 aliphatic rings. The highest BCUT2D eigenvalue weighted by molar-refractivity contribution is 7.90. The largest absolute Gasteiger partial charge is 0.480 e. The van der Waals surface area contributed by atoms with Crippen molar-refractivity contribution in [1.82, 2.24) is 4.31 Å². The molecule has 0 aromatic rings. The van der Waals surface area contributed by atoms with Gasteiger partial charge in [-0.3, -0.25) is 4.79 Å². The van der Waals surface area contributed by atoms with Crippen LogP contribution in [0.25, 0.3) is 0 Å². The molecular formula is C11H21NO4S. The van der Waals surface area contributed by atoms with E-state index in [0.717, 1.165) is 25.7 Å². The van der Waals surface area contributed by atoms with E-state index < -0.39 is 27.3 Å². The van der Waals surface area contributed by atoms with Crippen molar-refractivity contribution in [3.05, 3.63) is 0 Å². The zero-order chi connectivity index (χ0) is 13.3. The van der Waals surface area contributed by atoms with Gasteiger partial charge in [0, 0.05) is 6.04 Å².